The van der Waals surface area contributed by atoms with Crippen molar-refractivity contribution in [2.45, 2.75) is 6.54 Å². The maximum absolute atomic E-state index is 5.36. The van der Waals surface area contributed by atoms with E-state index in [9.17, 15) is 0 Å². The van der Waals surface area contributed by atoms with E-state index in [-0.39, 0.29) is 0 Å². The Morgan fingerprint density at radius 1 is 1.21 bits per heavy atom. The number of morpholine rings is 1. The van der Waals surface area contributed by atoms with Crippen molar-refractivity contribution in [3.05, 3.63) is 35.3 Å². The van der Waals surface area contributed by atoms with Gasteiger partial charge in [-0.05, 0) is 17.7 Å². The van der Waals surface area contributed by atoms with Gasteiger partial charge in [0.15, 0.2) is 0 Å². The van der Waals surface area contributed by atoms with Crippen molar-refractivity contribution in [2.24, 2.45) is 0 Å². The zero-order valence-electron chi connectivity index (χ0n) is 10.6. The number of benzene rings is 1. The molecule has 1 saturated heterocycles. The lowest BCUT2D eigenvalue weighted by molar-refractivity contribution is 0.122. The number of ether oxygens (including phenoxy) is 1. The summed E-state index contributed by atoms with van der Waals surface area (Å²) in [5.74, 6) is 0. The Hall–Kier alpha value is -1.66. The van der Waals surface area contributed by atoms with Crippen molar-refractivity contribution >= 4 is 22.2 Å². The van der Waals surface area contributed by atoms with E-state index in [0.29, 0.717) is 0 Å². The highest BCUT2D eigenvalue weighted by atomic mass is 32.1. The summed E-state index contributed by atoms with van der Waals surface area (Å²) in [6.45, 7) is 4.37. The predicted molar refractivity (Wildman–Crippen MR) is 76.7 cm³/mol. The molecule has 100 valence electrons. The van der Waals surface area contributed by atoms with E-state index in [1.54, 1.807) is 5.51 Å². The minimum Gasteiger partial charge on any atom is -0.378 e. The van der Waals surface area contributed by atoms with Gasteiger partial charge in [0.2, 0.25) is 5.13 Å². The van der Waals surface area contributed by atoms with Crippen LogP contribution in [0.5, 0.6) is 0 Å². The number of rotatable bonds is 4. The predicted octanol–water partition coefficient (Wildman–Crippen LogP) is 1.99. The molecule has 0 radical (unpaired) electrons. The second-order valence-electron chi connectivity index (χ2n) is 4.36. The van der Waals surface area contributed by atoms with Crippen molar-refractivity contribution in [1.82, 2.24) is 10.2 Å². The van der Waals surface area contributed by atoms with E-state index in [2.05, 4.69) is 44.7 Å². The minimum absolute atomic E-state index is 0.776. The standard InChI is InChI=1S/C13H16N4OS/c1-3-12(17-5-7-18-8-6-17)4-2-11(1)9-14-13-16-15-10-19-13/h1-4,10H,5-9H2,(H,14,16). The van der Waals surface area contributed by atoms with Gasteiger partial charge in [-0.25, -0.2) is 0 Å². The van der Waals surface area contributed by atoms with Crippen LogP contribution in [0.3, 0.4) is 0 Å². The third-order valence-corrected chi connectivity index (χ3v) is 3.77. The van der Waals surface area contributed by atoms with Gasteiger partial charge in [0, 0.05) is 25.3 Å². The molecule has 0 spiro atoms. The molecule has 6 heteroatoms. The topological polar surface area (TPSA) is 50.3 Å². The fraction of sp³-hybridized carbons (Fsp3) is 0.385. The first-order chi connectivity index (χ1) is 9.42. The highest BCUT2D eigenvalue weighted by Gasteiger charge is 2.10. The van der Waals surface area contributed by atoms with Crippen LogP contribution in [0.25, 0.3) is 0 Å². The summed E-state index contributed by atoms with van der Waals surface area (Å²) in [4.78, 5) is 2.35. The third-order valence-electron chi connectivity index (χ3n) is 3.12. The van der Waals surface area contributed by atoms with Gasteiger partial charge in [-0.1, -0.05) is 23.5 Å². The molecule has 0 atom stereocenters. The number of aromatic nitrogens is 2. The fourth-order valence-corrected chi connectivity index (χ4v) is 2.52. The molecule has 1 aromatic heterocycles. The van der Waals surface area contributed by atoms with E-state index in [1.165, 1.54) is 22.6 Å². The Balaban J connectivity index is 1.58. The van der Waals surface area contributed by atoms with Crippen molar-refractivity contribution < 1.29 is 4.74 Å². The van der Waals surface area contributed by atoms with Crippen molar-refractivity contribution in [1.29, 1.82) is 0 Å². The van der Waals surface area contributed by atoms with Gasteiger partial charge in [0.05, 0.1) is 13.2 Å². The van der Waals surface area contributed by atoms with Crippen LogP contribution in [0, 0.1) is 0 Å². The molecule has 1 aliphatic heterocycles. The summed E-state index contributed by atoms with van der Waals surface area (Å²) in [5.41, 5.74) is 4.24. The molecular formula is C13H16N4OS. The van der Waals surface area contributed by atoms with Crippen LogP contribution in [-0.4, -0.2) is 36.5 Å². The van der Waals surface area contributed by atoms with Crippen molar-refractivity contribution in [3.63, 3.8) is 0 Å². The number of nitrogens with one attached hydrogen (secondary N) is 1. The largest absolute Gasteiger partial charge is 0.378 e. The summed E-state index contributed by atoms with van der Waals surface area (Å²) in [7, 11) is 0. The van der Waals surface area contributed by atoms with Gasteiger partial charge in [-0.15, -0.1) is 10.2 Å². The normalized spacial score (nSPS) is 15.5. The lowest BCUT2D eigenvalue weighted by Crippen LogP contribution is -2.36. The lowest BCUT2D eigenvalue weighted by Gasteiger charge is -2.28. The van der Waals surface area contributed by atoms with Gasteiger partial charge in [-0.2, -0.15) is 0 Å². The molecule has 2 aromatic rings. The first kappa shape index (κ1) is 12.4. The van der Waals surface area contributed by atoms with Gasteiger partial charge >= 0.3 is 0 Å². The van der Waals surface area contributed by atoms with Gasteiger partial charge in [-0.3, -0.25) is 0 Å². The summed E-state index contributed by atoms with van der Waals surface area (Å²) in [6.07, 6.45) is 0. The lowest BCUT2D eigenvalue weighted by atomic mass is 10.2. The summed E-state index contributed by atoms with van der Waals surface area (Å²) in [5, 5.41) is 11.9. The maximum atomic E-state index is 5.36. The number of hydrogen-bond acceptors (Lipinski definition) is 6. The zero-order chi connectivity index (χ0) is 12.9. The number of nitrogens with zero attached hydrogens (tertiary/aromatic N) is 3. The maximum Gasteiger partial charge on any atom is 0.205 e. The summed E-state index contributed by atoms with van der Waals surface area (Å²) in [6, 6.07) is 8.64. The van der Waals surface area contributed by atoms with E-state index in [0.717, 1.165) is 38.0 Å². The molecule has 0 unspecified atom stereocenters. The van der Waals surface area contributed by atoms with Crippen molar-refractivity contribution in [3.8, 4) is 0 Å². The fourth-order valence-electron chi connectivity index (χ4n) is 2.07. The SMILES string of the molecule is c1nnc(NCc2ccc(N3CCOCC3)cc2)s1. The highest BCUT2D eigenvalue weighted by Crippen LogP contribution is 2.17. The molecule has 1 fully saturated rings. The third kappa shape index (κ3) is 3.21. The Morgan fingerprint density at radius 2 is 2.00 bits per heavy atom. The molecule has 3 rings (SSSR count). The molecule has 0 saturated carbocycles. The molecule has 19 heavy (non-hydrogen) atoms. The van der Waals surface area contributed by atoms with Gasteiger partial charge in [0.1, 0.15) is 5.51 Å². The zero-order valence-corrected chi connectivity index (χ0v) is 11.4. The molecular weight excluding hydrogens is 260 g/mol. The van der Waals surface area contributed by atoms with Crippen LogP contribution < -0.4 is 10.2 Å². The monoisotopic (exact) mass is 276 g/mol. The first-order valence-electron chi connectivity index (χ1n) is 6.33. The van der Waals surface area contributed by atoms with E-state index < -0.39 is 0 Å². The molecule has 2 heterocycles. The van der Waals surface area contributed by atoms with Crippen LogP contribution in [0.1, 0.15) is 5.56 Å². The first-order valence-corrected chi connectivity index (χ1v) is 7.21. The molecule has 1 aliphatic rings. The Labute approximate surface area is 116 Å². The highest BCUT2D eigenvalue weighted by molar-refractivity contribution is 7.13. The summed E-state index contributed by atoms with van der Waals surface area (Å²) >= 11 is 1.51. The molecule has 0 amide bonds. The second-order valence-corrected chi connectivity index (χ2v) is 5.20. The Kier molecular flexibility index (Phi) is 3.90. The smallest absolute Gasteiger partial charge is 0.205 e. The quantitative estimate of drug-likeness (QED) is 0.925. The van der Waals surface area contributed by atoms with Gasteiger partial charge < -0.3 is 15.0 Å². The second kappa shape index (κ2) is 5.99. The number of hydrogen-bond donors (Lipinski definition) is 1. The number of anilines is 2. The van der Waals surface area contributed by atoms with E-state index in [4.69, 9.17) is 4.74 Å². The van der Waals surface area contributed by atoms with Crippen LogP contribution in [-0.2, 0) is 11.3 Å². The Morgan fingerprint density at radius 3 is 2.68 bits per heavy atom. The Bertz CT molecular complexity index is 494. The average Bonchev–Trinajstić information content (AvgIpc) is 3.00. The van der Waals surface area contributed by atoms with Crippen molar-refractivity contribution in [2.75, 3.05) is 36.5 Å². The molecule has 0 bridgehead atoms. The molecule has 0 aliphatic carbocycles. The van der Waals surface area contributed by atoms with Crippen LogP contribution >= 0.6 is 11.3 Å². The average molecular weight is 276 g/mol. The summed E-state index contributed by atoms with van der Waals surface area (Å²) < 4.78 is 5.36. The molecule has 1 aromatic carbocycles. The minimum atomic E-state index is 0.776. The van der Waals surface area contributed by atoms with Gasteiger partial charge in [0.25, 0.3) is 0 Å². The van der Waals surface area contributed by atoms with Crippen LogP contribution in [0.15, 0.2) is 29.8 Å². The van der Waals surface area contributed by atoms with E-state index in [1.807, 2.05) is 0 Å². The molecule has 1 N–H and O–H groups in total. The van der Waals surface area contributed by atoms with Crippen LogP contribution in [0.2, 0.25) is 0 Å². The molecule has 5 nitrogen and oxygen atoms in total. The van der Waals surface area contributed by atoms with E-state index >= 15 is 0 Å². The van der Waals surface area contributed by atoms with Crippen LogP contribution in [0.4, 0.5) is 10.8 Å².